The minimum atomic E-state index is -0.0516. The monoisotopic (exact) mass is 332 g/mol. The zero-order valence-corrected chi connectivity index (χ0v) is 15.4. The van der Waals surface area contributed by atoms with Crippen LogP contribution in [0.15, 0.2) is 18.2 Å². The van der Waals surface area contributed by atoms with Gasteiger partial charge in [-0.15, -0.1) is 0 Å². The highest BCUT2D eigenvalue weighted by atomic mass is 16.5. The lowest BCUT2D eigenvalue weighted by Gasteiger charge is -2.32. The van der Waals surface area contributed by atoms with Crippen molar-refractivity contribution in [3.05, 3.63) is 29.3 Å². The molecular weight excluding hydrogens is 300 g/mol. The number of methoxy groups -OCH3 is 1. The lowest BCUT2D eigenvalue weighted by molar-refractivity contribution is 0.138. The van der Waals surface area contributed by atoms with E-state index in [9.17, 15) is 0 Å². The molecule has 1 aromatic carbocycles. The molecule has 0 atom stereocenters. The van der Waals surface area contributed by atoms with Crippen LogP contribution in [0.4, 0.5) is 0 Å². The quantitative estimate of drug-likeness (QED) is 0.778. The summed E-state index contributed by atoms with van der Waals surface area (Å²) in [4.78, 5) is 2.56. The van der Waals surface area contributed by atoms with Crippen LogP contribution in [0.25, 0.3) is 0 Å². The van der Waals surface area contributed by atoms with E-state index in [1.807, 2.05) is 0 Å². The van der Waals surface area contributed by atoms with Crippen molar-refractivity contribution >= 4 is 0 Å². The topological polar surface area (TPSA) is 33.7 Å². The molecular formula is C20H32N2O2. The third-order valence-electron chi connectivity index (χ3n) is 5.13. The van der Waals surface area contributed by atoms with Gasteiger partial charge in [-0.3, -0.25) is 0 Å². The first-order chi connectivity index (χ1) is 11.6. The van der Waals surface area contributed by atoms with Gasteiger partial charge in [-0.05, 0) is 63.4 Å². The Morgan fingerprint density at radius 3 is 2.83 bits per heavy atom. The number of benzene rings is 1. The molecule has 1 aromatic rings. The average Bonchev–Trinajstić information content (AvgIpc) is 2.87. The molecule has 0 saturated carbocycles. The molecule has 4 heteroatoms. The standard InChI is InChI=1S/C20H32N2O2/c1-20(2)14-17-13-16(5-6-19(17)24-20)15-21-18-7-10-22(11-8-18)9-4-12-23-3/h5-6,13,18,21H,4,7-12,14-15H2,1-3H3. The predicted molar refractivity (Wildman–Crippen MR) is 97.6 cm³/mol. The zero-order valence-electron chi connectivity index (χ0n) is 15.4. The molecule has 2 aliphatic rings. The number of nitrogens with zero attached hydrogens (tertiary/aromatic N) is 1. The first-order valence-corrected chi connectivity index (χ1v) is 9.31. The smallest absolute Gasteiger partial charge is 0.123 e. The van der Waals surface area contributed by atoms with Crippen LogP contribution in [-0.4, -0.2) is 49.9 Å². The van der Waals surface area contributed by atoms with E-state index in [0.29, 0.717) is 6.04 Å². The Bertz CT molecular complexity index is 536. The maximum atomic E-state index is 5.96. The molecule has 24 heavy (non-hydrogen) atoms. The van der Waals surface area contributed by atoms with Crippen molar-refractivity contribution in [1.29, 1.82) is 0 Å². The van der Waals surface area contributed by atoms with Crippen molar-refractivity contribution in [3.63, 3.8) is 0 Å². The molecule has 0 spiro atoms. The van der Waals surface area contributed by atoms with Crippen LogP contribution in [0.2, 0.25) is 0 Å². The number of nitrogens with one attached hydrogen (secondary N) is 1. The number of hydrogen-bond donors (Lipinski definition) is 1. The van der Waals surface area contributed by atoms with Crippen LogP contribution in [0.1, 0.15) is 44.2 Å². The number of piperidine rings is 1. The van der Waals surface area contributed by atoms with Crippen molar-refractivity contribution in [2.45, 2.75) is 57.7 Å². The number of likely N-dealkylation sites (tertiary alicyclic amines) is 1. The molecule has 0 radical (unpaired) electrons. The van der Waals surface area contributed by atoms with E-state index < -0.39 is 0 Å². The third-order valence-corrected chi connectivity index (χ3v) is 5.13. The largest absolute Gasteiger partial charge is 0.487 e. The summed E-state index contributed by atoms with van der Waals surface area (Å²) in [6, 6.07) is 7.30. The molecule has 1 saturated heterocycles. The van der Waals surface area contributed by atoms with Gasteiger partial charge in [-0.25, -0.2) is 0 Å². The van der Waals surface area contributed by atoms with E-state index in [1.54, 1.807) is 7.11 Å². The number of fused-ring (bicyclic) bond motifs is 1. The predicted octanol–water partition coefficient (Wildman–Crippen LogP) is 2.99. The Hall–Kier alpha value is -1.10. The minimum Gasteiger partial charge on any atom is -0.487 e. The Labute approximate surface area is 146 Å². The highest BCUT2D eigenvalue weighted by Gasteiger charge is 2.29. The van der Waals surface area contributed by atoms with Gasteiger partial charge in [-0.1, -0.05) is 12.1 Å². The summed E-state index contributed by atoms with van der Waals surface area (Å²) in [7, 11) is 1.78. The molecule has 1 N–H and O–H groups in total. The molecule has 0 aromatic heterocycles. The summed E-state index contributed by atoms with van der Waals surface area (Å²) in [5.74, 6) is 1.06. The molecule has 0 bridgehead atoms. The highest BCUT2D eigenvalue weighted by Crippen LogP contribution is 2.35. The summed E-state index contributed by atoms with van der Waals surface area (Å²) in [5.41, 5.74) is 2.68. The molecule has 1 fully saturated rings. The van der Waals surface area contributed by atoms with Gasteiger partial charge in [0, 0.05) is 39.3 Å². The summed E-state index contributed by atoms with van der Waals surface area (Å²) >= 11 is 0. The minimum absolute atomic E-state index is 0.0516. The summed E-state index contributed by atoms with van der Waals surface area (Å²) in [6.45, 7) is 9.72. The molecule has 2 aliphatic heterocycles. The Morgan fingerprint density at radius 2 is 2.08 bits per heavy atom. The molecule has 2 heterocycles. The van der Waals surface area contributed by atoms with E-state index in [0.717, 1.165) is 31.7 Å². The first kappa shape index (κ1) is 17.7. The lowest BCUT2D eigenvalue weighted by Crippen LogP contribution is -2.42. The van der Waals surface area contributed by atoms with Crippen molar-refractivity contribution in [3.8, 4) is 5.75 Å². The van der Waals surface area contributed by atoms with Gasteiger partial charge < -0.3 is 19.7 Å². The highest BCUT2D eigenvalue weighted by molar-refractivity contribution is 5.41. The maximum absolute atomic E-state index is 5.96. The van der Waals surface area contributed by atoms with E-state index in [2.05, 4.69) is 42.3 Å². The Kier molecular flexibility index (Phi) is 5.80. The Balaban J connectivity index is 1.41. The van der Waals surface area contributed by atoms with Crippen LogP contribution < -0.4 is 10.1 Å². The Morgan fingerprint density at radius 1 is 1.29 bits per heavy atom. The second-order valence-corrected chi connectivity index (χ2v) is 7.82. The molecule has 4 nitrogen and oxygen atoms in total. The molecule has 3 rings (SSSR count). The van der Waals surface area contributed by atoms with Crippen LogP contribution >= 0.6 is 0 Å². The van der Waals surface area contributed by atoms with Crippen molar-refractivity contribution in [2.75, 3.05) is 33.4 Å². The molecule has 0 unspecified atom stereocenters. The lowest BCUT2D eigenvalue weighted by atomic mass is 10.00. The second-order valence-electron chi connectivity index (χ2n) is 7.82. The number of rotatable bonds is 7. The third kappa shape index (κ3) is 4.71. The van der Waals surface area contributed by atoms with Crippen molar-refractivity contribution in [2.24, 2.45) is 0 Å². The van der Waals surface area contributed by atoms with E-state index in [1.165, 1.54) is 43.6 Å². The summed E-state index contributed by atoms with van der Waals surface area (Å²) < 4.78 is 11.1. The van der Waals surface area contributed by atoms with Crippen molar-refractivity contribution in [1.82, 2.24) is 10.2 Å². The molecule has 134 valence electrons. The maximum Gasteiger partial charge on any atom is 0.123 e. The van der Waals surface area contributed by atoms with Gasteiger partial charge in [0.1, 0.15) is 11.4 Å². The van der Waals surface area contributed by atoms with Crippen LogP contribution in [0.3, 0.4) is 0 Å². The number of hydrogen-bond acceptors (Lipinski definition) is 4. The molecule has 0 aliphatic carbocycles. The van der Waals surface area contributed by atoms with Crippen LogP contribution in [-0.2, 0) is 17.7 Å². The average molecular weight is 332 g/mol. The van der Waals surface area contributed by atoms with Gasteiger partial charge in [0.15, 0.2) is 0 Å². The zero-order chi connectivity index (χ0) is 17.0. The van der Waals surface area contributed by atoms with Gasteiger partial charge in [-0.2, -0.15) is 0 Å². The summed E-state index contributed by atoms with van der Waals surface area (Å²) in [6.07, 6.45) is 4.64. The van der Waals surface area contributed by atoms with Crippen molar-refractivity contribution < 1.29 is 9.47 Å². The first-order valence-electron chi connectivity index (χ1n) is 9.31. The normalized spacial score (nSPS) is 20.8. The fourth-order valence-electron chi connectivity index (χ4n) is 3.83. The SMILES string of the molecule is COCCCN1CCC(NCc2ccc3c(c2)CC(C)(C)O3)CC1. The fourth-order valence-corrected chi connectivity index (χ4v) is 3.83. The van der Waals surface area contributed by atoms with E-state index in [4.69, 9.17) is 9.47 Å². The van der Waals surface area contributed by atoms with Gasteiger partial charge in [0.2, 0.25) is 0 Å². The van der Waals surface area contributed by atoms with E-state index in [-0.39, 0.29) is 5.60 Å². The fraction of sp³-hybridized carbons (Fsp3) is 0.700. The van der Waals surface area contributed by atoms with Gasteiger partial charge in [0.05, 0.1) is 0 Å². The van der Waals surface area contributed by atoms with E-state index >= 15 is 0 Å². The van der Waals surface area contributed by atoms with Crippen LogP contribution in [0, 0.1) is 0 Å². The second kappa shape index (κ2) is 7.85. The molecule has 0 amide bonds. The van der Waals surface area contributed by atoms with Gasteiger partial charge >= 0.3 is 0 Å². The summed E-state index contributed by atoms with van der Waals surface area (Å²) in [5, 5.41) is 3.75. The van der Waals surface area contributed by atoms with Gasteiger partial charge in [0.25, 0.3) is 0 Å². The van der Waals surface area contributed by atoms with Crippen LogP contribution in [0.5, 0.6) is 5.75 Å². The number of ether oxygens (including phenoxy) is 2.